The highest BCUT2D eigenvalue weighted by molar-refractivity contribution is 7.89. The third-order valence-corrected chi connectivity index (χ3v) is 9.74. The molecule has 3 aromatic rings. The fourth-order valence-corrected chi connectivity index (χ4v) is 7.14. The van der Waals surface area contributed by atoms with Crippen molar-refractivity contribution in [1.29, 1.82) is 0 Å². The fourth-order valence-electron chi connectivity index (χ4n) is 5.69. The lowest BCUT2D eigenvalue weighted by Gasteiger charge is -2.31. The molecular weight excluding hydrogens is 468 g/mol. The van der Waals surface area contributed by atoms with E-state index in [4.69, 9.17) is 4.98 Å². The molecule has 4 heterocycles. The molecule has 2 aliphatic carbocycles. The highest BCUT2D eigenvalue weighted by atomic mass is 32.2. The number of sulfonamides is 1. The highest BCUT2D eigenvalue weighted by Gasteiger charge is 2.32. The van der Waals surface area contributed by atoms with Gasteiger partial charge in [0, 0.05) is 44.5 Å². The minimum Gasteiger partial charge on any atom is -0.351 e. The van der Waals surface area contributed by atoms with E-state index in [9.17, 15) is 13.2 Å². The average Bonchev–Trinajstić information content (AvgIpc) is 3.54. The monoisotopic (exact) mass is 500 g/mol. The zero-order valence-corrected chi connectivity index (χ0v) is 20.8. The Bertz CT molecular complexity index is 1390. The molecule has 3 fully saturated rings. The summed E-state index contributed by atoms with van der Waals surface area (Å²) in [5.74, 6) is 0.503. The van der Waals surface area contributed by atoms with E-state index in [-0.39, 0.29) is 28.7 Å². The largest absolute Gasteiger partial charge is 0.351 e. The molecule has 0 aromatic carbocycles. The predicted molar refractivity (Wildman–Crippen MR) is 131 cm³/mol. The van der Waals surface area contributed by atoms with Crippen molar-refractivity contribution in [3.8, 4) is 0 Å². The Labute approximate surface area is 204 Å². The molecule has 11 nitrogen and oxygen atoms in total. The Morgan fingerprint density at radius 1 is 0.943 bits per heavy atom. The maximum Gasteiger partial charge on any atom is 0.330 e. The van der Waals surface area contributed by atoms with Crippen LogP contribution in [0.25, 0.3) is 11.2 Å². The number of rotatable bonds is 6. The number of hydrogen-bond acceptors (Lipinski definition) is 7. The van der Waals surface area contributed by atoms with E-state index < -0.39 is 10.0 Å². The molecule has 1 aliphatic heterocycles. The van der Waals surface area contributed by atoms with Crippen molar-refractivity contribution in [1.82, 2.24) is 33.2 Å². The first-order valence-electron chi connectivity index (χ1n) is 12.7. The van der Waals surface area contributed by atoms with E-state index in [1.165, 1.54) is 21.4 Å². The van der Waals surface area contributed by atoms with Gasteiger partial charge in [-0.3, -0.25) is 13.8 Å². The Hall–Kier alpha value is -2.73. The maximum atomic E-state index is 13.4. The van der Waals surface area contributed by atoms with Gasteiger partial charge in [0.2, 0.25) is 16.0 Å². The highest BCUT2D eigenvalue weighted by Crippen LogP contribution is 2.36. The maximum absolute atomic E-state index is 13.4. The SMILES string of the molecule is Cn1cc(S(=O)(=O)N2CCC(Nc3ncc4c(n3)n(C3CCCC3)c(=O)n4C3CCC3)CC2)cn1. The topological polar surface area (TPSA) is 120 Å². The summed E-state index contributed by atoms with van der Waals surface area (Å²) in [4.78, 5) is 23.0. The third kappa shape index (κ3) is 3.96. The summed E-state index contributed by atoms with van der Waals surface area (Å²) in [5, 5.41) is 7.40. The van der Waals surface area contributed by atoms with Crippen LogP contribution in [0.2, 0.25) is 0 Å². The lowest BCUT2D eigenvalue weighted by Crippen LogP contribution is -2.42. The summed E-state index contributed by atoms with van der Waals surface area (Å²) < 4.78 is 32.6. The summed E-state index contributed by atoms with van der Waals surface area (Å²) in [6, 6.07) is 0.518. The molecule has 0 radical (unpaired) electrons. The van der Waals surface area contributed by atoms with Gasteiger partial charge in [-0.1, -0.05) is 12.8 Å². The second-order valence-electron chi connectivity index (χ2n) is 10.1. The predicted octanol–water partition coefficient (Wildman–Crippen LogP) is 2.43. The lowest BCUT2D eigenvalue weighted by molar-refractivity contribution is 0.308. The Balaban J connectivity index is 1.22. The molecular formula is C23H32N8O3S. The zero-order chi connectivity index (χ0) is 24.2. The molecule has 0 atom stereocenters. The van der Waals surface area contributed by atoms with Gasteiger partial charge < -0.3 is 5.32 Å². The number of nitrogens with one attached hydrogen (secondary N) is 1. The van der Waals surface area contributed by atoms with Crippen molar-refractivity contribution >= 4 is 27.1 Å². The van der Waals surface area contributed by atoms with E-state index >= 15 is 0 Å². The number of anilines is 1. The molecule has 0 spiro atoms. The van der Waals surface area contributed by atoms with Crippen molar-refractivity contribution in [3.05, 3.63) is 29.1 Å². The number of hydrogen-bond donors (Lipinski definition) is 1. The lowest BCUT2D eigenvalue weighted by atomic mass is 9.93. The van der Waals surface area contributed by atoms with E-state index in [0.717, 1.165) is 56.1 Å². The van der Waals surface area contributed by atoms with Gasteiger partial charge in [0.25, 0.3) is 0 Å². The van der Waals surface area contributed by atoms with Gasteiger partial charge in [0.1, 0.15) is 10.4 Å². The van der Waals surface area contributed by atoms with Crippen LogP contribution in [0.1, 0.15) is 69.9 Å². The molecule has 0 amide bonds. The van der Waals surface area contributed by atoms with E-state index in [1.807, 2.05) is 9.13 Å². The summed E-state index contributed by atoms with van der Waals surface area (Å²) >= 11 is 0. The van der Waals surface area contributed by atoms with Gasteiger partial charge in [-0.25, -0.2) is 18.2 Å². The molecule has 12 heteroatoms. The van der Waals surface area contributed by atoms with Gasteiger partial charge >= 0.3 is 5.69 Å². The summed E-state index contributed by atoms with van der Waals surface area (Å²) in [6.07, 6.45) is 13.5. The first kappa shape index (κ1) is 22.7. The Morgan fingerprint density at radius 2 is 1.63 bits per heavy atom. The minimum atomic E-state index is -3.54. The Morgan fingerprint density at radius 3 is 2.26 bits per heavy atom. The van der Waals surface area contributed by atoms with Crippen molar-refractivity contribution in [2.75, 3.05) is 18.4 Å². The molecule has 3 aromatic heterocycles. The molecule has 0 unspecified atom stereocenters. The van der Waals surface area contributed by atoms with Crippen molar-refractivity contribution < 1.29 is 8.42 Å². The fraction of sp³-hybridized carbons (Fsp3) is 0.652. The van der Waals surface area contributed by atoms with Gasteiger partial charge in [-0.15, -0.1) is 0 Å². The molecule has 1 saturated heterocycles. The van der Waals surface area contributed by atoms with Crippen molar-refractivity contribution in [3.63, 3.8) is 0 Å². The van der Waals surface area contributed by atoms with Crippen LogP contribution in [0.4, 0.5) is 5.95 Å². The van der Waals surface area contributed by atoms with Crippen LogP contribution in [0, 0.1) is 0 Å². The second kappa shape index (κ2) is 8.74. The number of fused-ring (bicyclic) bond motifs is 1. The number of piperidine rings is 1. The number of aryl methyl sites for hydroxylation is 1. The molecule has 3 aliphatic rings. The van der Waals surface area contributed by atoms with Crippen LogP contribution in [-0.2, 0) is 17.1 Å². The molecule has 2 saturated carbocycles. The molecule has 188 valence electrons. The summed E-state index contributed by atoms with van der Waals surface area (Å²) in [6.45, 7) is 0.837. The van der Waals surface area contributed by atoms with E-state index in [1.54, 1.807) is 13.2 Å². The zero-order valence-electron chi connectivity index (χ0n) is 20.0. The molecule has 35 heavy (non-hydrogen) atoms. The van der Waals surface area contributed by atoms with Gasteiger partial charge in [-0.2, -0.15) is 14.4 Å². The summed E-state index contributed by atoms with van der Waals surface area (Å²) in [5.41, 5.74) is 1.61. The molecule has 1 N–H and O–H groups in total. The standard InChI is InChI=1S/C23H32N8O3S/c1-28-15-19(13-25-28)35(33,34)29-11-9-16(10-12-29)26-22-24-14-20-21(27-22)31(18-5-2-3-6-18)23(32)30(20)17-7-4-8-17/h13-18H,2-12H2,1H3,(H,24,26,27). The van der Waals surface area contributed by atoms with Crippen LogP contribution < -0.4 is 11.0 Å². The Kier molecular flexibility index (Phi) is 5.67. The van der Waals surface area contributed by atoms with Crippen molar-refractivity contribution in [2.45, 2.75) is 80.8 Å². The number of imidazole rings is 1. The first-order valence-corrected chi connectivity index (χ1v) is 14.1. The molecule has 0 bridgehead atoms. The van der Waals surface area contributed by atoms with Crippen LogP contribution >= 0.6 is 0 Å². The second-order valence-corrected chi connectivity index (χ2v) is 12.1. The van der Waals surface area contributed by atoms with Gasteiger partial charge in [0.05, 0.1) is 12.4 Å². The van der Waals surface area contributed by atoms with Crippen LogP contribution in [0.15, 0.2) is 28.3 Å². The van der Waals surface area contributed by atoms with Crippen LogP contribution in [0.3, 0.4) is 0 Å². The van der Waals surface area contributed by atoms with E-state index in [2.05, 4.69) is 15.4 Å². The molecule has 6 rings (SSSR count). The number of nitrogens with zero attached hydrogens (tertiary/aromatic N) is 7. The van der Waals surface area contributed by atoms with E-state index in [0.29, 0.717) is 31.9 Å². The minimum absolute atomic E-state index is 0.0527. The summed E-state index contributed by atoms with van der Waals surface area (Å²) in [7, 11) is -1.83. The quantitative estimate of drug-likeness (QED) is 0.552. The first-order chi connectivity index (χ1) is 16.9. The smallest absolute Gasteiger partial charge is 0.330 e. The van der Waals surface area contributed by atoms with Gasteiger partial charge in [-0.05, 0) is 44.9 Å². The van der Waals surface area contributed by atoms with Gasteiger partial charge in [0.15, 0.2) is 5.65 Å². The normalized spacial score (nSPS) is 21.1. The number of aromatic nitrogens is 6. The van der Waals surface area contributed by atoms with Crippen molar-refractivity contribution in [2.24, 2.45) is 7.05 Å². The third-order valence-electron chi connectivity index (χ3n) is 7.89. The van der Waals surface area contributed by atoms with Crippen LogP contribution in [0.5, 0.6) is 0 Å². The van der Waals surface area contributed by atoms with Crippen LogP contribution in [-0.4, -0.2) is 60.7 Å². The average molecular weight is 501 g/mol.